The van der Waals surface area contributed by atoms with Crippen LogP contribution >= 0.6 is 11.3 Å². The Balaban J connectivity index is 1.51. The van der Waals surface area contributed by atoms with Crippen LogP contribution in [0.3, 0.4) is 0 Å². The van der Waals surface area contributed by atoms with Crippen molar-refractivity contribution < 1.29 is 8.42 Å². The lowest BCUT2D eigenvalue weighted by atomic mass is 9.93. The topological polar surface area (TPSA) is 86.7 Å². The summed E-state index contributed by atoms with van der Waals surface area (Å²) < 4.78 is 28.1. The molecule has 9 heteroatoms. The number of nitrogens with zero attached hydrogens (tertiary/aromatic N) is 3. The number of thiophene rings is 1. The van der Waals surface area contributed by atoms with Gasteiger partial charge in [0.15, 0.2) is 5.82 Å². The van der Waals surface area contributed by atoms with E-state index in [1.54, 1.807) is 28.0 Å². The molecule has 7 nitrogen and oxygen atoms in total. The van der Waals surface area contributed by atoms with E-state index in [0.717, 1.165) is 30.2 Å². The van der Waals surface area contributed by atoms with Crippen LogP contribution in [0.2, 0.25) is 0 Å². The van der Waals surface area contributed by atoms with Crippen LogP contribution in [-0.4, -0.2) is 48.2 Å². The van der Waals surface area contributed by atoms with Gasteiger partial charge in [-0.25, -0.2) is 13.4 Å². The number of aliphatic imine (C=N–C) groups is 1. The molecule has 2 aromatic heterocycles. The molecule has 2 N–H and O–H groups in total. The van der Waals surface area contributed by atoms with Crippen molar-refractivity contribution in [3.05, 3.63) is 35.8 Å². The summed E-state index contributed by atoms with van der Waals surface area (Å²) in [6, 6.07) is 7.60. The number of sulfonamides is 1. The molecule has 1 atom stereocenters. The highest BCUT2D eigenvalue weighted by atomic mass is 32.2. The Kier molecular flexibility index (Phi) is 4.41. The van der Waals surface area contributed by atoms with Crippen molar-refractivity contribution >= 4 is 38.7 Å². The first kappa shape index (κ1) is 18.1. The number of hydrogen-bond acceptors (Lipinski definition) is 6. The Labute approximate surface area is 168 Å². The normalized spacial score (nSPS) is 27.1. The molecule has 0 amide bonds. The van der Waals surface area contributed by atoms with Crippen LogP contribution < -0.4 is 10.6 Å². The summed E-state index contributed by atoms with van der Waals surface area (Å²) >= 11 is 1.26. The van der Waals surface area contributed by atoms with Gasteiger partial charge in [0.05, 0.1) is 11.7 Å². The van der Waals surface area contributed by atoms with Crippen LogP contribution in [0, 0.1) is 0 Å². The Bertz CT molecular complexity index is 999. The molecule has 0 aromatic carbocycles. The minimum Gasteiger partial charge on any atom is -0.369 e. The number of anilines is 2. The van der Waals surface area contributed by atoms with Crippen LogP contribution in [0.4, 0.5) is 11.5 Å². The molecule has 2 aliphatic heterocycles. The van der Waals surface area contributed by atoms with Gasteiger partial charge in [0.25, 0.3) is 10.0 Å². The minimum absolute atomic E-state index is 0.300. The Morgan fingerprint density at radius 3 is 2.89 bits per heavy atom. The summed E-state index contributed by atoms with van der Waals surface area (Å²) in [5, 5.41) is 8.81. The summed E-state index contributed by atoms with van der Waals surface area (Å²) in [5.41, 5.74) is 0.353. The smallest absolute Gasteiger partial charge is 0.252 e. The number of nitrogens with one attached hydrogen (secondary N) is 2. The first-order valence-corrected chi connectivity index (χ1v) is 12.0. The summed E-state index contributed by atoms with van der Waals surface area (Å²) in [6.45, 7) is 0.828. The first-order chi connectivity index (χ1) is 13.6. The van der Waals surface area contributed by atoms with Gasteiger partial charge in [-0.2, -0.15) is 4.31 Å². The average molecular weight is 418 g/mol. The SMILES string of the molecule is O=S(=O)(c1cccs1)N1CC[C@@]2(C1)Nc1cccnc1NC2=NC1CCCC1. The molecule has 1 spiro atoms. The van der Waals surface area contributed by atoms with Crippen molar-refractivity contribution in [2.24, 2.45) is 4.99 Å². The van der Waals surface area contributed by atoms with Gasteiger partial charge in [-0.3, -0.25) is 4.99 Å². The van der Waals surface area contributed by atoms with Crippen molar-refractivity contribution in [1.29, 1.82) is 0 Å². The largest absolute Gasteiger partial charge is 0.369 e. The number of fused-ring (bicyclic) bond motifs is 1. The fourth-order valence-electron chi connectivity index (χ4n) is 4.34. The molecule has 1 saturated carbocycles. The second kappa shape index (κ2) is 6.82. The average Bonchev–Trinajstić information content (AvgIpc) is 3.45. The molecule has 2 fully saturated rings. The molecule has 3 aliphatic rings. The second-order valence-corrected chi connectivity index (χ2v) is 10.8. The van der Waals surface area contributed by atoms with Crippen LogP contribution in [0.1, 0.15) is 32.1 Å². The summed E-state index contributed by atoms with van der Waals surface area (Å²) in [7, 11) is -3.49. The van der Waals surface area contributed by atoms with Gasteiger partial charge in [0.2, 0.25) is 0 Å². The van der Waals surface area contributed by atoms with Crippen molar-refractivity contribution in [2.45, 2.75) is 47.9 Å². The maximum absolute atomic E-state index is 13.1. The van der Waals surface area contributed by atoms with E-state index in [1.165, 1.54) is 24.2 Å². The zero-order valence-electron chi connectivity index (χ0n) is 15.5. The van der Waals surface area contributed by atoms with Crippen molar-refractivity contribution in [3.8, 4) is 0 Å². The lowest BCUT2D eigenvalue weighted by Gasteiger charge is -2.38. The molecule has 2 aromatic rings. The van der Waals surface area contributed by atoms with Crippen LogP contribution in [0.5, 0.6) is 0 Å². The molecular formula is C19H23N5O2S2. The molecule has 1 aliphatic carbocycles. The number of pyridine rings is 1. The predicted octanol–water partition coefficient (Wildman–Crippen LogP) is 3.16. The lowest BCUT2D eigenvalue weighted by Crippen LogP contribution is -2.55. The van der Waals surface area contributed by atoms with Gasteiger partial charge in [0, 0.05) is 19.3 Å². The predicted molar refractivity (Wildman–Crippen MR) is 112 cm³/mol. The molecule has 0 unspecified atom stereocenters. The van der Waals surface area contributed by atoms with Gasteiger partial charge < -0.3 is 10.6 Å². The van der Waals surface area contributed by atoms with E-state index in [0.29, 0.717) is 29.8 Å². The van der Waals surface area contributed by atoms with E-state index >= 15 is 0 Å². The van der Waals surface area contributed by atoms with Gasteiger partial charge in [-0.1, -0.05) is 18.9 Å². The lowest BCUT2D eigenvalue weighted by molar-refractivity contribution is 0.468. The van der Waals surface area contributed by atoms with E-state index in [1.807, 2.05) is 12.1 Å². The van der Waals surface area contributed by atoms with Crippen LogP contribution in [-0.2, 0) is 10.0 Å². The highest BCUT2D eigenvalue weighted by Gasteiger charge is 2.49. The zero-order valence-corrected chi connectivity index (χ0v) is 17.1. The third-order valence-corrected chi connectivity index (χ3v) is 9.05. The van der Waals surface area contributed by atoms with E-state index in [-0.39, 0.29) is 0 Å². The molecule has 4 heterocycles. The van der Waals surface area contributed by atoms with Gasteiger partial charge >= 0.3 is 0 Å². The maximum Gasteiger partial charge on any atom is 0.252 e. The molecule has 28 heavy (non-hydrogen) atoms. The molecule has 0 bridgehead atoms. The van der Waals surface area contributed by atoms with Crippen molar-refractivity contribution in [3.63, 3.8) is 0 Å². The van der Waals surface area contributed by atoms with Gasteiger partial charge in [-0.05, 0) is 42.8 Å². The van der Waals surface area contributed by atoms with Gasteiger partial charge in [0.1, 0.15) is 15.6 Å². The number of aromatic nitrogens is 1. The van der Waals surface area contributed by atoms with E-state index < -0.39 is 15.6 Å². The standard InChI is InChI=1S/C19H23N5O2S2/c25-28(26,16-8-4-12-27-16)24-11-9-19(13-24)18(21-14-5-1-2-6-14)22-17-15(23-19)7-3-10-20-17/h3-4,7-8,10,12,14,23H,1-2,5-6,9,11,13H2,(H,20,21,22)/t19-/m0/s1. The van der Waals surface area contributed by atoms with E-state index in [2.05, 4.69) is 15.6 Å². The summed E-state index contributed by atoms with van der Waals surface area (Å²) in [5.74, 6) is 1.58. The highest BCUT2D eigenvalue weighted by Crippen LogP contribution is 2.38. The molecule has 0 radical (unpaired) electrons. The summed E-state index contributed by atoms with van der Waals surface area (Å²) in [6.07, 6.45) is 7.01. The van der Waals surface area contributed by atoms with Crippen molar-refractivity contribution in [2.75, 3.05) is 23.7 Å². The third-order valence-electron chi connectivity index (χ3n) is 5.83. The number of rotatable bonds is 3. The first-order valence-electron chi connectivity index (χ1n) is 9.69. The Hall–Kier alpha value is -1.97. The summed E-state index contributed by atoms with van der Waals surface area (Å²) in [4.78, 5) is 9.45. The second-order valence-electron chi connectivity index (χ2n) is 7.67. The molecule has 148 valence electrons. The fraction of sp³-hybridized carbons (Fsp3) is 0.474. The molecular weight excluding hydrogens is 394 g/mol. The Morgan fingerprint density at radius 2 is 2.11 bits per heavy atom. The quantitative estimate of drug-likeness (QED) is 0.801. The van der Waals surface area contributed by atoms with Gasteiger partial charge in [-0.15, -0.1) is 11.3 Å². The number of hydrogen-bond donors (Lipinski definition) is 2. The fourth-order valence-corrected chi connectivity index (χ4v) is 6.98. The maximum atomic E-state index is 13.1. The number of amidine groups is 1. The van der Waals surface area contributed by atoms with E-state index in [9.17, 15) is 8.42 Å². The van der Waals surface area contributed by atoms with Crippen LogP contribution in [0.25, 0.3) is 0 Å². The zero-order chi connectivity index (χ0) is 19.2. The van der Waals surface area contributed by atoms with E-state index in [4.69, 9.17) is 4.99 Å². The van der Waals surface area contributed by atoms with Crippen molar-refractivity contribution in [1.82, 2.24) is 9.29 Å². The highest BCUT2D eigenvalue weighted by molar-refractivity contribution is 7.91. The molecule has 5 rings (SSSR count). The monoisotopic (exact) mass is 417 g/mol. The Morgan fingerprint density at radius 1 is 1.25 bits per heavy atom. The minimum atomic E-state index is -3.49. The van der Waals surface area contributed by atoms with Crippen LogP contribution in [0.15, 0.2) is 45.0 Å². The third kappa shape index (κ3) is 3.01. The molecule has 1 saturated heterocycles.